The van der Waals surface area contributed by atoms with Crippen molar-refractivity contribution in [2.24, 2.45) is 0 Å². The minimum atomic E-state index is -0.445. The zero-order valence-electron chi connectivity index (χ0n) is 15.7. The molecule has 0 aliphatic heterocycles. The Labute approximate surface area is 151 Å². The van der Waals surface area contributed by atoms with E-state index in [0.29, 0.717) is 12.4 Å². The van der Waals surface area contributed by atoms with Crippen LogP contribution in [-0.2, 0) is 4.74 Å². The van der Waals surface area contributed by atoms with E-state index in [9.17, 15) is 5.11 Å². The molecule has 3 N–H and O–H groups in total. The molecule has 4 heteroatoms. The summed E-state index contributed by atoms with van der Waals surface area (Å²) in [5.41, 5.74) is 1.92. The van der Waals surface area contributed by atoms with Gasteiger partial charge in [-0.3, -0.25) is 0 Å². The molecule has 0 heterocycles. The second kappa shape index (κ2) is 14.5. The van der Waals surface area contributed by atoms with E-state index in [-0.39, 0.29) is 12.7 Å². The van der Waals surface area contributed by atoms with E-state index in [2.05, 4.69) is 13.8 Å². The fourth-order valence-electron chi connectivity index (χ4n) is 1.69. The largest absolute Gasteiger partial charge is 0.507 e. The second-order valence-electron chi connectivity index (χ2n) is 5.77. The average molecular weight is 348 g/mol. The Morgan fingerprint density at radius 1 is 0.920 bits per heavy atom. The van der Waals surface area contributed by atoms with E-state index in [0.717, 1.165) is 11.1 Å². The molecule has 140 valence electrons. The number of benzene rings is 2. The number of aliphatic hydroxyl groups excluding tert-OH is 2. The lowest BCUT2D eigenvalue weighted by molar-refractivity contribution is -0.0177. The number of aromatic hydroxyl groups is 1. The highest BCUT2D eigenvalue weighted by molar-refractivity contribution is 5.69. The smallest absolute Gasteiger partial charge is 0.123 e. The summed E-state index contributed by atoms with van der Waals surface area (Å²) in [6, 6.07) is 17.2. The number of aliphatic hydroxyl groups is 2. The van der Waals surface area contributed by atoms with Crippen molar-refractivity contribution in [3.63, 3.8) is 0 Å². The highest BCUT2D eigenvalue weighted by atomic mass is 16.5. The van der Waals surface area contributed by atoms with Gasteiger partial charge in [0.2, 0.25) is 0 Å². The molecule has 4 nitrogen and oxygen atoms in total. The fraction of sp³-hybridized carbons (Fsp3) is 0.429. The summed E-state index contributed by atoms with van der Waals surface area (Å²) in [4.78, 5) is 0. The zero-order valence-corrected chi connectivity index (χ0v) is 15.7. The van der Waals surface area contributed by atoms with E-state index in [1.807, 2.05) is 48.5 Å². The minimum absolute atomic E-state index is 0.00667. The lowest BCUT2D eigenvalue weighted by Crippen LogP contribution is -2.19. The van der Waals surface area contributed by atoms with Crippen molar-refractivity contribution in [3.8, 4) is 16.9 Å². The molecule has 2 unspecified atom stereocenters. The van der Waals surface area contributed by atoms with Crippen molar-refractivity contribution in [3.05, 3.63) is 54.6 Å². The average Bonchev–Trinajstić information content (AvgIpc) is 2.62. The number of phenols is 1. The van der Waals surface area contributed by atoms with Crippen LogP contribution in [0.3, 0.4) is 0 Å². The summed E-state index contributed by atoms with van der Waals surface area (Å²) in [6.07, 6.45) is 0.638. The molecule has 0 amide bonds. The normalized spacial score (nSPS) is 12.1. The number of hydrogen-bond donors (Lipinski definition) is 3. The van der Waals surface area contributed by atoms with Gasteiger partial charge in [-0.05, 0) is 25.5 Å². The van der Waals surface area contributed by atoms with Crippen LogP contribution in [0.5, 0.6) is 5.75 Å². The summed E-state index contributed by atoms with van der Waals surface area (Å²) in [7, 11) is 0. The predicted molar refractivity (Wildman–Crippen MR) is 104 cm³/mol. The molecule has 2 aromatic carbocycles. The molecule has 0 aliphatic carbocycles. The van der Waals surface area contributed by atoms with Gasteiger partial charge >= 0.3 is 0 Å². The van der Waals surface area contributed by atoms with Gasteiger partial charge in [0.1, 0.15) is 5.75 Å². The summed E-state index contributed by atoms with van der Waals surface area (Å²) in [6.45, 7) is 7.95. The van der Waals surface area contributed by atoms with Crippen molar-refractivity contribution >= 4 is 0 Å². The van der Waals surface area contributed by atoms with Crippen molar-refractivity contribution in [1.82, 2.24) is 0 Å². The van der Waals surface area contributed by atoms with E-state index in [1.54, 1.807) is 19.9 Å². The second-order valence-corrected chi connectivity index (χ2v) is 5.77. The molecule has 0 saturated carbocycles. The summed E-state index contributed by atoms with van der Waals surface area (Å²) in [5.74, 6) is 0.328. The third-order valence-corrected chi connectivity index (χ3v) is 2.87. The van der Waals surface area contributed by atoms with Crippen molar-refractivity contribution in [2.45, 2.75) is 46.3 Å². The molecule has 0 fully saturated rings. The maximum Gasteiger partial charge on any atom is 0.123 e. The van der Waals surface area contributed by atoms with Gasteiger partial charge in [0.05, 0.1) is 25.4 Å². The molecule has 0 spiro atoms. The highest BCUT2D eigenvalue weighted by Gasteiger charge is 2.01. The Bertz CT molecular complexity index is 541. The van der Waals surface area contributed by atoms with Gasteiger partial charge in [0, 0.05) is 5.56 Å². The Balaban J connectivity index is 0.000000422. The molecule has 2 atom stereocenters. The lowest BCUT2D eigenvalue weighted by atomic mass is 10.1. The summed E-state index contributed by atoms with van der Waals surface area (Å²) < 4.78 is 4.95. The third-order valence-electron chi connectivity index (χ3n) is 2.87. The Hall–Kier alpha value is -1.88. The van der Waals surface area contributed by atoms with Crippen LogP contribution in [0.15, 0.2) is 54.6 Å². The minimum Gasteiger partial charge on any atom is -0.507 e. The monoisotopic (exact) mass is 348 g/mol. The van der Waals surface area contributed by atoms with E-state index >= 15 is 0 Å². The molecule has 25 heavy (non-hydrogen) atoms. The third kappa shape index (κ3) is 11.3. The predicted octanol–water partition coefficient (Wildman–Crippen LogP) is 4.24. The first-order chi connectivity index (χ1) is 12.0. The molecule has 0 aliphatic rings. The molecule has 2 rings (SSSR count). The van der Waals surface area contributed by atoms with Gasteiger partial charge in [-0.25, -0.2) is 0 Å². The first-order valence-corrected chi connectivity index (χ1v) is 8.70. The van der Waals surface area contributed by atoms with Crippen LogP contribution in [0.1, 0.15) is 34.1 Å². The van der Waals surface area contributed by atoms with Gasteiger partial charge in [-0.15, -0.1) is 0 Å². The Morgan fingerprint density at radius 3 is 1.92 bits per heavy atom. The molecule has 0 bridgehead atoms. The van der Waals surface area contributed by atoms with E-state index < -0.39 is 6.10 Å². The quantitative estimate of drug-likeness (QED) is 0.756. The Morgan fingerprint density at radius 2 is 1.44 bits per heavy atom. The fourth-order valence-corrected chi connectivity index (χ4v) is 1.69. The maximum atomic E-state index is 9.56. The van der Waals surface area contributed by atoms with Crippen molar-refractivity contribution in [2.75, 3.05) is 13.2 Å². The summed E-state index contributed by atoms with van der Waals surface area (Å²) in [5, 5.41) is 26.7. The maximum absolute atomic E-state index is 9.56. The van der Waals surface area contributed by atoms with Crippen LogP contribution in [-0.4, -0.2) is 40.7 Å². The zero-order chi connectivity index (χ0) is 19.1. The van der Waals surface area contributed by atoms with Gasteiger partial charge in [0.25, 0.3) is 0 Å². The van der Waals surface area contributed by atoms with Crippen LogP contribution < -0.4 is 0 Å². The van der Waals surface area contributed by atoms with E-state index in [4.69, 9.17) is 14.9 Å². The van der Waals surface area contributed by atoms with Crippen LogP contribution in [0, 0.1) is 0 Å². The summed E-state index contributed by atoms with van der Waals surface area (Å²) >= 11 is 0. The van der Waals surface area contributed by atoms with Crippen molar-refractivity contribution in [1.29, 1.82) is 0 Å². The first-order valence-electron chi connectivity index (χ1n) is 8.70. The SMILES string of the molecule is CC(O)COC(C)CO.CCC.Oc1ccccc1-c1ccccc1. The van der Waals surface area contributed by atoms with Crippen LogP contribution in [0.4, 0.5) is 0 Å². The number of hydrogen-bond acceptors (Lipinski definition) is 4. The molecule has 0 saturated heterocycles. The number of para-hydroxylation sites is 1. The van der Waals surface area contributed by atoms with Crippen LogP contribution >= 0.6 is 0 Å². The lowest BCUT2D eigenvalue weighted by Gasteiger charge is -2.10. The van der Waals surface area contributed by atoms with Gasteiger partial charge < -0.3 is 20.1 Å². The van der Waals surface area contributed by atoms with Crippen LogP contribution in [0.25, 0.3) is 11.1 Å². The highest BCUT2D eigenvalue weighted by Crippen LogP contribution is 2.27. The van der Waals surface area contributed by atoms with E-state index in [1.165, 1.54) is 6.42 Å². The number of rotatable bonds is 5. The number of phenolic OH excluding ortho intramolecular Hbond substituents is 1. The topological polar surface area (TPSA) is 69.9 Å². The first kappa shape index (κ1) is 23.1. The van der Waals surface area contributed by atoms with Crippen molar-refractivity contribution < 1.29 is 20.1 Å². The van der Waals surface area contributed by atoms with Crippen LogP contribution in [0.2, 0.25) is 0 Å². The molecule has 0 aromatic heterocycles. The molecular weight excluding hydrogens is 316 g/mol. The number of ether oxygens (including phenoxy) is 1. The van der Waals surface area contributed by atoms with Gasteiger partial charge in [0.15, 0.2) is 0 Å². The van der Waals surface area contributed by atoms with Gasteiger partial charge in [-0.1, -0.05) is 68.8 Å². The Kier molecular flexibility index (Phi) is 13.4. The molecule has 2 aromatic rings. The standard InChI is InChI=1S/C12H10O.C6H14O3.C3H8/c13-12-9-5-4-8-11(12)10-6-2-1-3-7-10;1-5(8)4-9-6(2)3-7;1-3-2/h1-9,13H;5-8H,3-4H2,1-2H3;3H2,1-2H3. The molecular formula is C21H32O4. The molecule has 0 radical (unpaired) electrons. The van der Waals surface area contributed by atoms with Gasteiger partial charge in [-0.2, -0.15) is 0 Å².